The molecule has 0 radical (unpaired) electrons. The maximum absolute atomic E-state index is 12.5. The third kappa shape index (κ3) is 2.96. The van der Waals surface area contributed by atoms with Gasteiger partial charge in [-0.05, 0) is 30.7 Å². The Bertz CT molecular complexity index is 642. The van der Waals surface area contributed by atoms with Gasteiger partial charge < -0.3 is 0 Å². The van der Waals surface area contributed by atoms with Crippen molar-refractivity contribution >= 4 is 6.08 Å². The molecule has 0 N–H and O–H groups in total. The zero-order valence-corrected chi connectivity index (χ0v) is 10.4. The third-order valence-corrected chi connectivity index (χ3v) is 2.72. The summed E-state index contributed by atoms with van der Waals surface area (Å²) in [7, 11) is 0. The van der Waals surface area contributed by atoms with Gasteiger partial charge in [-0.2, -0.15) is 0 Å². The van der Waals surface area contributed by atoms with E-state index in [1.54, 1.807) is 12.3 Å². The van der Waals surface area contributed by atoms with Crippen LogP contribution in [0.2, 0.25) is 0 Å². The summed E-state index contributed by atoms with van der Waals surface area (Å²) in [6.45, 7) is 1.88. The molecule has 1 heterocycles. The summed E-state index contributed by atoms with van der Waals surface area (Å²) in [5, 5.41) is 0. The van der Waals surface area contributed by atoms with Crippen molar-refractivity contribution in [1.29, 1.82) is 0 Å². The zero-order valence-electron chi connectivity index (χ0n) is 10.4. The molecule has 0 saturated heterocycles. The predicted molar refractivity (Wildman–Crippen MR) is 71.7 cm³/mol. The number of halogens is 2. The number of hydrogen-bond donors (Lipinski definition) is 0. The Balaban J connectivity index is 2.46. The van der Waals surface area contributed by atoms with Gasteiger partial charge in [0.1, 0.15) is 0 Å². The van der Waals surface area contributed by atoms with Crippen LogP contribution in [0.5, 0.6) is 0 Å². The van der Waals surface area contributed by atoms with Crippen LogP contribution in [0.25, 0.3) is 11.8 Å². The molecule has 0 spiro atoms. The van der Waals surface area contributed by atoms with E-state index in [1.807, 2.05) is 19.1 Å². The van der Waals surface area contributed by atoms with Crippen LogP contribution in [0.4, 0.5) is 8.78 Å². The molecule has 0 amide bonds. The van der Waals surface area contributed by atoms with Gasteiger partial charge in [-0.3, -0.25) is 9.36 Å². The minimum absolute atomic E-state index is 0.0543. The van der Waals surface area contributed by atoms with E-state index in [1.165, 1.54) is 34.9 Å². The van der Waals surface area contributed by atoms with E-state index >= 15 is 0 Å². The van der Waals surface area contributed by atoms with Crippen molar-refractivity contribution in [3.05, 3.63) is 70.2 Å². The van der Waals surface area contributed by atoms with Gasteiger partial charge in [0.15, 0.2) is 0 Å². The SMILES string of the molecule is C/C=C/c1ccc(=O)n(-c2ccc(C(F)F)cc2)c1. The molecule has 4 heteroatoms. The quantitative estimate of drug-likeness (QED) is 0.823. The first-order valence-corrected chi connectivity index (χ1v) is 5.85. The summed E-state index contributed by atoms with van der Waals surface area (Å²) in [5.41, 5.74) is 1.19. The first-order valence-electron chi connectivity index (χ1n) is 5.85. The lowest BCUT2D eigenvalue weighted by Gasteiger charge is -2.07. The molecule has 98 valence electrons. The van der Waals surface area contributed by atoms with E-state index in [0.29, 0.717) is 5.69 Å². The molecule has 0 aliphatic rings. The average Bonchev–Trinajstić information content (AvgIpc) is 2.41. The number of allylic oxidation sites excluding steroid dienone is 1. The van der Waals surface area contributed by atoms with Gasteiger partial charge in [-0.25, -0.2) is 8.78 Å². The molecule has 1 aromatic carbocycles. The van der Waals surface area contributed by atoms with Crippen molar-refractivity contribution in [3.8, 4) is 5.69 Å². The van der Waals surface area contributed by atoms with Crippen molar-refractivity contribution in [2.75, 3.05) is 0 Å². The monoisotopic (exact) mass is 261 g/mol. The number of pyridine rings is 1. The Hall–Kier alpha value is -2.23. The number of rotatable bonds is 3. The van der Waals surface area contributed by atoms with Gasteiger partial charge in [0.05, 0.1) is 0 Å². The van der Waals surface area contributed by atoms with E-state index in [4.69, 9.17) is 0 Å². The van der Waals surface area contributed by atoms with Gasteiger partial charge in [0, 0.05) is 23.5 Å². The van der Waals surface area contributed by atoms with E-state index in [-0.39, 0.29) is 11.1 Å². The van der Waals surface area contributed by atoms with Crippen molar-refractivity contribution in [3.63, 3.8) is 0 Å². The number of nitrogens with zero attached hydrogens (tertiary/aromatic N) is 1. The summed E-state index contributed by atoms with van der Waals surface area (Å²) in [6.07, 6.45) is 2.91. The second-order valence-electron chi connectivity index (χ2n) is 4.06. The molecule has 0 saturated carbocycles. The minimum Gasteiger partial charge on any atom is -0.284 e. The molecule has 1 aromatic heterocycles. The Labute approximate surface area is 109 Å². The van der Waals surface area contributed by atoms with Crippen LogP contribution in [0, 0.1) is 0 Å². The molecule has 0 aliphatic heterocycles. The fourth-order valence-corrected chi connectivity index (χ4v) is 1.78. The van der Waals surface area contributed by atoms with Gasteiger partial charge >= 0.3 is 0 Å². The fraction of sp³-hybridized carbons (Fsp3) is 0.133. The number of alkyl halides is 2. The average molecular weight is 261 g/mol. The summed E-state index contributed by atoms with van der Waals surface area (Å²) in [5.74, 6) is 0. The predicted octanol–water partition coefficient (Wildman–Crippen LogP) is 3.81. The Kier molecular flexibility index (Phi) is 3.90. The molecule has 0 unspecified atom stereocenters. The number of aromatic nitrogens is 1. The smallest absolute Gasteiger partial charge is 0.263 e. The lowest BCUT2D eigenvalue weighted by atomic mass is 10.2. The van der Waals surface area contributed by atoms with Crippen LogP contribution in [0.1, 0.15) is 24.5 Å². The Morgan fingerprint density at radius 1 is 1.11 bits per heavy atom. The minimum atomic E-state index is -2.50. The summed E-state index contributed by atoms with van der Waals surface area (Å²) < 4.78 is 26.4. The standard InChI is InChI=1S/C15H13F2NO/c1-2-3-11-4-9-14(19)18(10-11)13-7-5-12(6-8-13)15(16)17/h2-10,15H,1H3/b3-2+. The van der Waals surface area contributed by atoms with Gasteiger partial charge in [0.25, 0.3) is 12.0 Å². The highest BCUT2D eigenvalue weighted by Crippen LogP contribution is 2.19. The Morgan fingerprint density at radius 3 is 2.37 bits per heavy atom. The topological polar surface area (TPSA) is 22.0 Å². The molecular formula is C15H13F2NO. The molecule has 0 aliphatic carbocycles. The molecule has 0 bridgehead atoms. The van der Waals surface area contributed by atoms with E-state index in [0.717, 1.165) is 5.56 Å². The lowest BCUT2D eigenvalue weighted by molar-refractivity contribution is 0.151. The molecule has 2 rings (SSSR count). The summed E-state index contributed by atoms with van der Waals surface area (Å²) >= 11 is 0. The van der Waals surface area contributed by atoms with Crippen LogP contribution in [-0.2, 0) is 0 Å². The van der Waals surface area contributed by atoms with Crippen molar-refractivity contribution < 1.29 is 8.78 Å². The van der Waals surface area contributed by atoms with Crippen LogP contribution in [0.3, 0.4) is 0 Å². The molecule has 2 nitrogen and oxygen atoms in total. The van der Waals surface area contributed by atoms with Crippen LogP contribution >= 0.6 is 0 Å². The maximum atomic E-state index is 12.5. The lowest BCUT2D eigenvalue weighted by Crippen LogP contribution is -2.16. The fourth-order valence-electron chi connectivity index (χ4n) is 1.78. The molecular weight excluding hydrogens is 248 g/mol. The highest BCUT2D eigenvalue weighted by molar-refractivity contribution is 5.48. The second kappa shape index (κ2) is 5.61. The first-order chi connectivity index (χ1) is 9.11. The third-order valence-electron chi connectivity index (χ3n) is 2.72. The molecule has 2 aromatic rings. The van der Waals surface area contributed by atoms with E-state index in [2.05, 4.69) is 0 Å². The van der Waals surface area contributed by atoms with Gasteiger partial charge in [0.2, 0.25) is 0 Å². The number of hydrogen-bond acceptors (Lipinski definition) is 1. The van der Waals surface area contributed by atoms with Gasteiger partial charge in [-0.15, -0.1) is 0 Å². The highest BCUT2D eigenvalue weighted by atomic mass is 19.3. The van der Waals surface area contributed by atoms with Crippen molar-refractivity contribution in [2.45, 2.75) is 13.3 Å². The van der Waals surface area contributed by atoms with E-state index < -0.39 is 6.43 Å². The Morgan fingerprint density at radius 2 is 1.79 bits per heavy atom. The van der Waals surface area contributed by atoms with Crippen molar-refractivity contribution in [1.82, 2.24) is 4.57 Å². The first kappa shape index (κ1) is 13.2. The van der Waals surface area contributed by atoms with Crippen LogP contribution < -0.4 is 5.56 Å². The van der Waals surface area contributed by atoms with Crippen molar-refractivity contribution in [2.24, 2.45) is 0 Å². The highest BCUT2D eigenvalue weighted by Gasteiger charge is 2.07. The molecule has 0 fully saturated rings. The number of benzene rings is 1. The largest absolute Gasteiger partial charge is 0.284 e. The van der Waals surface area contributed by atoms with Gasteiger partial charge in [-0.1, -0.05) is 24.3 Å². The maximum Gasteiger partial charge on any atom is 0.263 e. The molecule has 0 atom stereocenters. The zero-order chi connectivity index (χ0) is 13.8. The molecule has 19 heavy (non-hydrogen) atoms. The second-order valence-corrected chi connectivity index (χ2v) is 4.06. The summed E-state index contributed by atoms with van der Waals surface area (Å²) in [6, 6.07) is 8.86. The van der Waals surface area contributed by atoms with Crippen LogP contribution in [0.15, 0.2) is 53.5 Å². The summed E-state index contributed by atoms with van der Waals surface area (Å²) in [4.78, 5) is 11.8. The van der Waals surface area contributed by atoms with Crippen LogP contribution in [-0.4, -0.2) is 4.57 Å². The normalized spacial score (nSPS) is 11.4. The van der Waals surface area contributed by atoms with E-state index in [9.17, 15) is 13.6 Å².